The fourth-order valence-corrected chi connectivity index (χ4v) is 2.07. The van der Waals surface area contributed by atoms with Crippen LogP contribution in [0.1, 0.15) is 18.1 Å². The Morgan fingerprint density at radius 3 is 2.05 bits per heavy atom. The first-order valence-electron chi connectivity index (χ1n) is 6.89. The van der Waals surface area contributed by atoms with E-state index in [4.69, 9.17) is 0 Å². The summed E-state index contributed by atoms with van der Waals surface area (Å²) < 4.78 is 0. The second-order valence-electron chi connectivity index (χ2n) is 5.08. The Morgan fingerprint density at radius 2 is 1.50 bits per heavy atom. The monoisotopic (exact) mass is 267 g/mol. The van der Waals surface area contributed by atoms with Crippen molar-refractivity contribution >= 4 is 17.1 Å². The number of aryl methyl sites for hydroxylation is 2. The summed E-state index contributed by atoms with van der Waals surface area (Å²) in [5.41, 5.74) is 5.56. The van der Waals surface area contributed by atoms with Crippen LogP contribution in [-0.4, -0.2) is 14.1 Å². The molecule has 0 aromatic heterocycles. The van der Waals surface area contributed by atoms with E-state index in [9.17, 15) is 0 Å². The zero-order valence-electron chi connectivity index (χ0n) is 12.6. The van der Waals surface area contributed by atoms with Gasteiger partial charge < -0.3 is 4.90 Å². The lowest BCUT2D eigenvalue weighted by Crippen LogP contribution is -2.07. The number of hydrogen-bond donors (Lipinski definition) is 0. The summed E-state index contributed by atoms with van der Waals surface area (Å²) in [6.07, 6.45) is 1.05. The van der Waals surface area contributed by atoms with Gasteiger partial charge in [-0.25, -0.2) is 0 Å². The number of benzene rings is 2. The summed E-state index contributed by atoms with van der Waals surface area (Å²) in [5.74, 6) is 0. The van der Waals surface area contributed by atoms with Crippen LogP contribution in [0.3, 0.4) is 0 Å². The van der Waals surface area contributed by atoms with Crippen LogP contribution < -0.4 is 4.90 Å². The smallest absolute Gasteiger partial charge is 0.0859 e. The highest BCUT2D eigenvalue weighted by molar-refractivity contribution is 5.52. The Bertz CT molecular complexity index is 598. The predicted octanol–water partition coefficient (Wildman–Crippen LogP) is 5.04. The fourth-order valence-electron chi connectivity index (χ4n) is 2.07. The third-order valence-corrected chi connectivity index (χ3v) is 3.35. The summed E-state index contributed by atoms with van der Waals surface area (Å²) in [4.78, 5) is 2.06. The van der Waals surface area contributed by atoms with Crippen molar-refractivity contribution in [1.29, 1.82) is 0 Å². The molecule has 2 aromatic rings. The van der Waals surface area contributed by atoms with Gasteiger partial charge in [0.1, 0.15) is 0 Å². The Morgan fingerprint density at radius 1 is 0.900 bits per heavy atom. The van der Waals surface area contributed by atoms with E-state index in [0.29, 0.717) is 0 Å². The van der Waals surface area contributed by atoms with Gasteiger partial charge in [0, 0.05) is 19.8 Å². The van der Waals surface area contributed by atoms with Crippen molar-refractivity contribution in [3.63, 3.8) is 0 Å². The molecule has 0 heterocycles. The molecule has 3 nitrogen and oxygen atoms in total. The molecule has 20 heavy (non-hydrogen) atoms. The van der Waals surface area contributed by atoms with Crippen LogP contribution in [0.15, 0.2) is 52.7 Å². The Hall–Kier alpha value is -2.16. The van der Waals surface area contributed by atoms with Crippen LogP contribution in [0.5, 0.6) is 0 Å². The maximum Gasteiger partial charge on any atom is 0.0859 e. The molecule has 0 atom stereocenters. The minimum Gasteiger partial charge on any atom is -0.378 e. The molecule has 0 bridgehead atoms. The van der Waals surface area contributed by atoms with Crippen LogP contribution in [0, 0.1) is 6.92 Å². The lowest BCUT2D eigenvalue weighted by atomic mass is 10.1. The first kappa shape index (κ1) is 14.3. The molecule has 0 aliphatic carbocycles. The Kier molecular flexibility index (Phi) is 4.51. The molecule has 0 N–H and O–H groups in total. The summed E-state index contributed by atoms with van der Waals surface area (Å²) in [7, 11) is 4.04. The van der Waals surface area contributed by atoms with Crippen LogP contribution in [0.2, 0.25) is 0 Å². The van der Waals surface area contributed by atoms with Crippen molar-refractivity contribution in [3.05, 3.63) is 53.6 Å². The first-order valence-corrected chi connectivity index (χ1v) is 6.89. The average molecular weight is 267 g/mol. The molecule has 0 fully saturated rings. The molecule has 0 amide bonds. The summed E-state index contributed by atoms with van der Waals surface area (Å²) in [5, 5.41) is 8.58. The maximum atomic E-state index is 4.30. The van der Waals surface area contributed by atoms with Gasteiger partial charge in [0.15, 0.2) is 0 Å². The van der Waals surface area contributed by atoms with Crippen LogP contribution in [0.4, 0.5) is 17.1 Å². The van der Waals surface area contributed by atoms with Crippen LogP contribution in [0.25, 0.3) is 0 Å². The van der Waals surface area contributed by atoms with Crippen molar-refractivity contribution in [3.8, 4) is 0 Å². The number of nitrogens with zero attached hydrogens (tertiary/aromatic N) is 3. The lowest BCUT2D eigenvalue weighted by molar-refractivity contribution is 1.10. The highest BCUT2D eigenvalue weighted by Gasteiger charge is 1.98. The van der Waals surface area contributed by atoms with Gasteiger partial charge in [0.05, 0.1) is 11.4 Å². The van der Waals surface area contributed by atoms with E-state index in [1.807, 2.05) is 44.4 Å². The number of anilines is 1. The van der Waals surface area contributed by atoms with Gasteiger partial charge in [0.25, 0.3) is 0 Å². The average Bonchev–Trinajstić information content (AvgIpc) is 2.45. The molecule has 0 radical (unpaired) electrons. The standard InChI is InChI=1S/C17H21N3/c1-5-14-6-7-16(12-13(14)2)19-18-15-8-10-17(11-9-15)20(3)4/h6-12H,5H2,1-4H3. The molecule has 3 heteroatoms. The van der Waals surface area contributed by atoms with Gasteiger partial charge in [-0.15, -0.1) is 0 Å². The number of rotatable bonds is 4. The molecule has 0 unspecified atom stereocenters. The van der Waals surface area contributed by atoms with Crippen molar-refractivity contribution in [2.24, 2.45) is 10.2 Å². The highest BCUT2D eigenvalue weighted by Crippen LogP contribution is 2.23. The second kappa shape index (κ2) is 6.33. The van der Waals surface area contributed by atoms with E-state index < -0.39 is 0 Å². The van der Waals surface area contributed by atoms with Gasteiger partial charge in [0.2, 0.25) is 0 Å². The zero-order chi connectivity index (χ0) is 14.5. The van der Waals surface area contributed by atoms with Gasteiger partial charge >= 0.3 is 0 Å². The fraction of sp³-hybridized carbons (Fsp3) is 0.294. The quantitative estimate of drug-likeness (QED) is 0.713. The van der Waals surface area contributed by atoms with E-state index in [1.165, 1.54) is 11.1 Å². The van der Waals surface area contributed by atoms with Crippen LogP contribution in [-0.2, 0) is 6.42 Å². The molecule has 0 saturated carbocycles. The summed E-state index contributed by atoms with van der Waals surface area (Å²) >= 11 is 0. The van der Waals surface area contributed by atoms with Crippen molar-refractivity contribution in [1.82, 2.24) is 0 Å². The summed E-state index contributed by atoms with van der Waals surface area (Å²) in [6, 6.07) is 14.3. The van der Waals surface area contributed by atoms with Gasteiger partial charge in [-0.05, 0) is 60.9 Å². The SMILES string of the molecule is CCc1ccc(N=Nc2ccc(N(C)C)cc2)cc1C. The minimum atomic E-state index is 0.868. The van der Waals surface area contributed by atoms with Crippen molar-refractivity contribution in [2.45, 2.75) is 20.3 Å². The molecule has 104 valence electrons. The van der Waals surface area contributed by atoms with E-state index in [2.05, 4.69) is 41.1 Å². The van der Waals surface area contributed by atoms with E-state index in [-0.39, 0.29) is 0 Å². The van der Waals surface area contributed by atoms with Crippen molar-refractivity contribution < 1.29 is 0 Å². The second-order valence-corrected chi connectivity index (χ2v) is 5.08. The van der Waals surface area contributed by atoms with Gasteiger partial charge in [-0.2, -0.15) is 10.2 Å². The molecule has 0 spiro atoms. The number of hydrogen-bond acceptors (Lipinski definition) is 3. The largest absolute Gasteiger partial charge is 0.378 e. The summed E-state index contributed by atoms with van der Waals surface area (Å²) in [6.45, 7) is 4.28. The predicted molar refractivity (Wildman–Crippen MR) is 85.5 cm³/mol. The minimum absolute atomic E-state index is 0.868. The molecular weight excluding hydrogens is 246 g/mol. The molecular formula is C17H21N3. The van der Waals surface area contributed by atoms with Crippen LogP contribution >= 0.6 is 0 Å². The Labute approximate surface area is 121 Å². The highest BCUT2D eigenvalue weighted by atomic mass is 15.1. The molecule has 0 saturated heterocycles. The molecule has 2 rings (SSSR count). The normalized spacial score (nSPS) is 11.0. The van der Waals surface area contributed by atoms with E-state index in [0.717, 1.165) is 23.5 Å². The molecule has 0 aliphatic rings. The Balaban J connectivity index is 2.14. The molecule has 0 aliphatic heterocycles. The molecule has 2 aromatic carbocycles. The van der Waals surface area contributed by atoms with Gasteiger partial charge in [-0.1, -0.05) is 13.0 Å². The number of azo groups is 1. The van der Waals surface area contributed by atoms with E-state index in [1.54, 1.807) is 0 Å². The zero-order valence-corrected chi connectivity index (χ0v) is 12.6. The van der Waals surface area contributed by atoms with Crippen molar-refractivity contribution in [2.75, 3.05) is 19.0 Å². The maximum absolute atomic E-state index is 4.30. The third-order valence-electron chi connectivity index (χ3n) is 3.35. The van der Waals surface area contributed by atoms with E-state index >= 15 is 0 Å². The van der Waals surface area contributed by atoms with Gasteiger partial charge in [-0.3, -0.25) is 0 Å². The first-order chi connectivity index (χ1) is 9.60. The lowest BCUT2D eigenvalue weighted by Gasteiger charge is -2.11. The third kappa shape index (κ3) is 3.44. The topological polar surface area (TPSA) is 28.0 Å².